The summed E-state index contributed by atoms with van der Waals surface area (Å²) in [5.41, 5.74) is 5.53. The molecular formula is C11H18N4O2. The lowest BCUT2D eigenvalue weighted by molar-refractivity contribution is 0.168. The molecular weight excluding hydrogens is 220 g/mol. The Labute approximate surface area is 99.3 Å². The van der Waals surface area contributed by atoms with E-state index in [1.807, 2.05) is 0 Å². The van der Waals surface area contributed by atoms with E-state index >= 15 is 0 Å². The minimum absolute atomic E-state index is 0.157. The van der Waals surface area contributed by atoms with Gasteiger partial charge in [-0.3, -0.25) is 4.79 Å². The molecule has 2 atom stereocenters. The molecule has 1 saturated carbocycles. The summed E-state index contributed by atoms with van der Waals surface area (Å²) in [6.45, 7) is 2.02. The first-order valence-electron chi connectivity index (χ1n) is 5.85. The van der Waals surface area contributed by atoms with Crippen molar-refractivity contribution in [3.63, 3.8) is 0 Å². The van der Waals surface area contributed by atoms with E-state index in [9.17, 15) is 9.90 Å². The van der Waals surface area contributed by atoms with Crippen LogP contribution in [-0.4, -0.2) is 33.8 Å². The first-order valence-corrected chi connectivity index (χ1v) is 5.85. The smallest absolute Gasteiger partial charge is 0.252 e. The van der Waals surface area contributed by atoms with Crippen molar-refractivity contribution >= 4 is 5.82 Å². The van der Waals surface area contributed by atoms with E-state index in [-0.39, 0.29) is 11.6 Å². The van der Waals surface area contributed by atoms with Gasteiger partial charge in [0.25, 0.3) is 5.56 Å². The summed E-state index contributed by atoms with van der Waals surface area (Å²) in [4.78, 5) is 18.5. The van der Waals surface area contributed by atoms with Crippen LogP contribution in [0.1, 0.15) is 31.5 Å². The van der Waals surface area contributed by atoms with Crippen LogP contribution < -0.4 is 16.6 Å². The Bertz CT molecular complexity index is 439. The maximum Gasteiger partial charge on any atom is 0.252 e. The van der Waals surface area contributed by atoms with E-state index in [4.69, 9.17) is 5.73 Å². The highest BCUT2D eigenvalue weighted by molar-refractivity contribution is 5.34. The first-order chi connectivity index (χ1) is 8.06. The number of nitrogens with zero attached hydrogens (tertiary/aromatic N) is 1. The number of H-pyrrole nitrogens is 1. The summed E-state index contributed by atoms with van der Waals surface area (Å²) < 4.78 is 0. The van der Waals surface area contributed by atoms with Crippen molar-refractivity contribution in [1.82, 2.24) is 9.97 Å². The highest BCUT2D eigenvalue weighted by Crippen LogP contribution is 2.37. The van der Waals surface area contributed by atoms with E-state index in [1.54, 1.807) is 6.92 Å². The number of hydrogen-bond acceptors (Lipinski definition) is 5. The van der Waals surface area contributed by atoms with Crippen LogP contribution in [0.2, 0.25) is 0 Å². The predicted molar refractivity (Wildman–Crippen MR) is 65.0 cm³/mol. The van der Waals surface area contributed by atoms with Gasteiger partial charge in [0.05, 0.1) is 6.10 Å². The monoisotopic (exact) mass is 238 g/mol. The van der Waals surface area contributed by atoms with Gasteiger partial charge in [0, 0.05) is 24.6 Å². The standard InChI is InChI=1S/C11H18N4O2/c1-6(16)8(12)5-13-9-4-10(17)15-11(14-9)7-2-3-7/h4,6-8,16H,2-3,5,12H2,1H3,(H2,13,14,15,17). The zero-order valence-corrected chi connectivity index (χ0v) is 9.81. The average Bonchev–Trinajstić information content (AvgIpc) is 3.08. The molecule has 0 saturated heterocycles. The molecule has 5 N–H and O–H groups in total. The number of aromatic amines is 1. The summed E-state index contributed by atoms with van der Waals surface area (Å²) in [6, 6.07) is 1.03. The quantitative estimate of drug-likeness (QED) is 0.567. The summed E-state index contributed by atoms with van der Waals surface area (Å²) in [5, 5.41) is 12.2. The molecule has 0 aliphatic heterocycles. The van der Waals surface area contributed by atoms with Crippen LogP contribution in [0.25, 0.3) is 0 Å². The predicted octanol–water partition coefficient (Wildman–Crippen LogP) is -0.233. The SMILES string of the molecule is CC(O)C(N)CNc1cc(=O)[nH]c(C2CC2)n1. The molecule has 2 unspecified atom stereocenters. The minimum atomic E-state index is -0.590. The van der Waals surface area contributed by atoms with E-state index in [0.717, 1.165) is 18.7 Å². The van der Waals surface area contributed by atoms with Crippen molar-refractivity contribution in [1.29, 1.82) is 0 Å². The number of hydrogen-bond donors (Lipinski definition) is 4. The van der Waals surface area contributed by atoms with Gasteiger partial charge in [0.2, 0.25) is 0 Å². The molecule has 0 amide bonds. The van der Waals surface area contributed by atoms with Gasteiger partial charge in [-0.2, -0.15) is 0 Å². The number of nitrogens with one attached hydrogen (secondary N) is 2. The van der Waals surface area contributed by atoms with Crippen LogP contribution >= 0.6 is 0 Å². The third-order valence-electron chi connectivity index (χ3n) is 2.86. The normalized spacial score (nSPS) is 18.8. The molecule has 0 radical (unpaired) electrons. The fourth-order valence-electron chi connectivity index (χ4n) is 1.51. The van der Waals surface area contributed by atoms with Crippen LogP contribution in [0.3, 0.4) is 0 Å². The number of nitrogens with two attached hydrogens (primary N) is 1. The summed E-state index contributed by atoms with van der Waals surface area (Å²) in [5.74, 6) is 1.66. The van der Waals surface area contributed by atoms with Crippen molar-refractivity contribution in [2.75, 3.05) is 11.9 Å². The van der Waals surface area contributed by atoms with Gasteiger partial charge < -0.3 is 21.1 Å². The number of aliphatic hydroxyl groups is 1. The Hall–Kier alpha value is -1.40. The van der Waals surface area contributed by atoms with Gasteiger partial charge in [-0.1, -0.05) is 0 Å². The molecule has 6 nitrogen and oxygen atoms in total. The molecule has 1 aliphatic carbocycles. The maximum atomic E-state index is 11.4. The second-order valence-electron chi connectivity index (χ2n) is 4.58. The zero-order chi connectivity index (χ0) is 12.4. The fourth-order valence-corrected chi connectivity index (χ4v) is 1.51. The Kier molecular flexibility index (Phi) is 3.44. The zero-order valence-electron chi connectivity index (χ0n) is 9.81. The van der Waals surface area contributed by atoms with Crippen LogP contribution in [0.5, 0.6) is 0 Å². The summed E-state index contributed by atoms with van der Waals surface area (Å²) >= 11 is 0. The van der Waals surface area contributed by atoms with Gasteiger partial charge in [-0.15, -0.1) is 0 Å². The first kappa shape index (κ1) is 12.1. The molecule has 1 heterocycles. The molecule has 1 aromatic heterocycles. The summed E-state index contributed by atoms with van der Waals surface area (Å²) in [6.07, 6.45) is 1.58. The molecule has 2 rings (SSSR count). The van der Waals surface area contributed by atoms with Gasteiger partial charge in [-0.05, 0) is 19.8 Å². The lowest BCUT2D eigenvalue weighted by atomic mass is 10.2. The fraction of sp³-hybridized carbons (Fsp3) is 0.636. The van der Waals surface area contributed by atoms with E-state index < -0.39 is 6.10 Å². The molecule has 0 aromatic carbocycles. The van der Waals surface area contributed by atoms with E-state index in [0.29, 0.717) is 18.3 Å². The van der Waals surface area contributed by atoms with Crippen molar-refractivity contribution < 1.29 is 5.11 Å². The van der Waals surface area contributed by atoms with Gasteiger partial charge in [0.1, 0.15) is 11.6 Å². The van der Waals surface area contributed by atoms with Gasteiger partial charge in [-0.25, -0.2) is 4.98 Å². The maximum absolute atomic E-state index is 11.4. The lowest BCUT2D eigenvalue weighted by Gasteiger charge is -2.15. The molecule has 1 aliphatic rings. The van der Waals surface area contributed by atoms with Crippen molar-refractivity contribution in [3.05, 3.63) is 22.2 Å². The molecule has 94 valence electrons. The van der Waals surface area contributed by atoms with Crippen molar-refractivity contribution in [2.45, 2.75) is 37.8 Å². The molecule has 0 spiro atoms. The average molecular weight is 238 g/mol. The number of rotatable bonds is 5. The Morgan fingerprint density at radius 2 is 2.41 bits per heavy atom. The number of anilines is 1. The molecule has 0 bridgehead atoms. The largest absolute Gasteiger partial charge is 0.392 e. The third kappa shape index (κ3) is 3.28. The topological polar surface area (TPSA) is 104 Å². The highest BCUT2D eigenvalue weighted by atomic mass is 16.3. The second-order valence-corrected chi connectivity index (χ2v) is 4.58. The molecule has 1 fully saturated rings. The molecule has 17 heavy (non-hydrogen) atoms. The van der Waals surface area contributed by atoms with Crippen LogP contribution in [0, 0.1) is 0 Å². The van der Waals surface area contributed by atoms with Crippen LogP contribution in [0.4, 0.5) is 5.82 Å². The highest BCUT2D eigenvalue weighted by Gasteiger charge is 2.26. The van der Waals surface area contributed by atoms with E-state index in [2.05, 4.69) is 15.3 Å². The third-order valence-corrected chi connectivity index (χ3v) is 2.86. The molecule has 6 heteroatoms. The Balaban J connectivity index is 2.02. The van der Waals surface area contributed by atoms with E-state index in [1.165, 1.54) is 6.07 Å². The van der Waals surface area contributed by atoms with Crippen LogP contribution in [-0.2, 0) is 0 Å². The van der Waals surface area contributed by atoms with Crippen LogP contribution in [0.15, 0.2) is 10.9 Å². The number of aromatic nitrogens is 2. The minimum Gasteiger partial charge on any atom is -0.392 e. The second kappa shape index (κ2) is 4.85. The Morgan fingerprint density at radius 3 is 3.00 bits per heavy atom. The lowest BCUT2D eigenvalue weighted by Crippen LogP contribution is -2.39. The summed E-state index contributed by atoms with van der Waals surface area (Å²) in [7, 11) is 0. The Morgan fingerprint density at radius 1 is 1.71 bits per heavy atom. The van der Waals surface area contributed by atoms with Gasteiger partial charge >= 0.3 is 0 Å². The molecule has 1 aromatic rings. The van der Waals surface area contributed by atoms with Crippen molar-refractivity contribution in [3.8, 4) is 0 Å². The van der Waals surface area contributed by atoms with Gasteiger partial charge in [0.15, 0.2) is 0 Å². The number of aliphatic hydroxyl groups excluding tert-OH is 1. The van der Waals surface area contributed by atoms with Crippen molar-refractivity contribution in [2.24, 2.45) is 5.73 Å².